The first-order valence-corrected chi connectivity index (χ1v) is 10.2. The quantitative estimate of drug-likeness (QED) is 0.605. The van der Waals surface area contributed by atoms with Crippen molar-refractivity contribution in [3.63, 3.8) is 0 Å². The molecule has 1 aliphatic rings. The molecule has 4 rings (SSSR count). The van der Waals surface area contributed by atoms with Crippen molar-refractivity contribution < 1.29 is 22.7 Å². The van der Waals surface area contributed by atoms with Gasteiger partial charge >= 0.3 is 6.18 Å². The first-order valence-electron chi connectivity index (χ1n) is 10.2. The van der Waals surface area contributed by atoms with Crippen LogP contribution in [0.4, 0.5) is 13.2 Å². The molecule has 0 aliphatic heterocycles. The molecule has 0 spiro atoms. The Balaban J connectivity index is 1.68. The SMILES string of the molecule is Cc1cc(C(=O)NCc2ccccn2)nc2c(C(F)(F)F)cc(OC3CCCC3)cc12. The lowest BCUT2D eigenvalue weighted by Gasteiger charge is -2.18. The largest absolute Gasteiger partial charge is 0.490 e. The Morgan fingerprint density at radius 2 is 1.97 bits per heavy atom. The van der Waals surface area contributed by atoms with E-state index in [1.165, 1.54) is 6.07 Å². The van der Waals surface area contributed by atoms with Crippen LogP contribution in [0.5, 0.6) is 5.75 Å². The van der Waals surface area contributed by atoms with Gasteiger partial charge in [0.1, 0.15) is 11.4 Å². The van der Waals surface area contributed by atoms with Crippen LogP contribution in [0.15, 0.2) is 42.6 Å². The molecular weight excluding hydrogens is 407 g/mol. The number of rotatable bonds is 5. The summed E-state index contributed by atoms with van der Waals surface area (Å²) in [6.07, 6.45) is 0.613. The maximum absolute atomic E-state index is 13.8. The molecule has 1 aliphatic carbocycles. The van der Waals surface area contributed by atoms with Crippen molar-refractivity contribution in [2.45, 2.75) is 51.4 Å². The topological polar surface area (TPSA) is 64.1 Å². The Morgan fingerprint density at radius 3 is 2.65 bits per heavy atom. The second-order valence-corrected chi connectivity index (χ2v) is 7.72. The summed E-state index contributed by atoms with van der Waals surface area (Å²) in [4.78, 5) is 20.8. The number of alkyl halides is 3. The summed E-state index contributed by atoms with van der Waals surface area (Å²) in [5.41, 5.74) is -0.0703. The molecule has 1 aromatic carbocycles. The number of nitrogens with zero attached hydrogens (tertiary/aromatic N) is 2. The van der Waals surface area contributed by atoms with Crippen LogP contribution in [0.25, 0.3) is 10.9 Å². The summed E-state index contributed by atoms with van der Waals surface area (Å²) >= 11 is 0. The number of carbonyl (C=O) groups is 1. The van der Waals surface area contributed by atoms with Gasteiger partial charge in [-0.3, -0.25) is 9.78 Å². The van der Waals surface area contributed by atoms with Crippen LogP contribution in [0.2, 0.25) is 0 Å². The number of benzene rings is 1. The van der Waals surface area contributed by atoms with E-state index in [1.807, 2.05) is 0 Å². The molecule has 2 aromatic heterocycles. The average Bonchev–Trinajstić information content (AvgIpc) is 3.25. The fraction of sp³-hybridized carbons (Fsp3) is 0.348. The van der Waals surface area contributed by atoms with Gasteiger partial charge in [0.2, 0.25) is 0 Å². The number of ether oxygens (including phenoxy) is 1. The zero-order valence-electron chi connectivity index (χ0n) is 17.0. The summed E-state index contributed by atoms with van der Waals surface area (Å²) in [5.74, 6) is -0.376. The standard InChI is InChI=1S/C23H22F3N3O2/c1-14-10-20(22(30)28-13-15-6-4-5-9-27-15)29-21-18(14)11-17(12-19(21)23(24,25)26)31-16-7-2-3-8-16/h4-6,9-12,16H,2-3,7-8,13H2,1H3,(H,28,30). The summed E-state index contributed by atoms with van der Waals surface area (Å²) in [5, 5.41) is 2.98. The van der Waals surface area contributed by atoms with Gasteiger partial charge in [-0.2, -0.15) is 13.2 Å². The average molecular weight is 429 g/mol. The smallest absolute Gasteiger partial charge is 0.418 e. The molecule has 1 N–H and O–H groups in total. The number of hydrogen-bond acceptors (Lipinski definition) is 4. The van der Waals surface area contributed by atoms with Gasteiger partial charge in [-0.15, -0.1) is 0 Å². The van der Waals surface area contributed by atoms with Crippen molar-refractivity contribution in [1.82, 2.24) is 15.3 Å². The molecule has 1 saturated carbocycles. The van der Waals surface area contributed by atoms with E-state index in [2.05, 4.69) is 15.3 Å². The predicted molar refractivity (Wildman–Crippen MR) is 110 cm³/mol. The van der Waals surface area contributed by atoms with Gasteiger partial charge in [-0.05, 0) is 68.5 Å². The van der Waals surface area contributed by atoms with E-state index < -0.39 is 17.6 Å². The molecule has 5 nitrogen and oxygen atoms in total. The van der Waals surface area contributed by atoms with E-state index in [0.717, 1.165) is 31.7 Å². The van der Waals surface area contributed by atoms with Crippen molar-refractivity contribution in [1.29, 1.82) is 0 Å². The Bertz CT molecular complexity index is 1090. The van der Waals surface area contributed by atoms with Crippen LogP contribution in [0.3, 0.4) is 0 Å². The number of halogens is 3. The number of hydrogen-bond donors (Lipinski definition) is 1. The highest BCUT2D eigenvalue weighted by Gasteiger charge is 2.35. The van der Waals surface area contributed by atoms with Crippen LogP contribution >= 0.6 is 0 Å². The van der Waals surface area contributed by atoms with Crippen LogP contribution in [0.1, 0.15) is 53.0 Å². The van der Waals surface area contributed by atoms with Crippen molar-refractivity contribution in [2.24, 2.45) is 0 Å². The Labute approximate surface area is 177 Å². The molecule has 0 atom stereocenters. The lowest BCUT2D eigenvalue weighted by molar-refractivity contribution is -0.136. The van der Waals surface area contributed by atoms with E-state index in [4.69, 9.17) is 4.74 Å². The molecule has 8 heteroatoms. The number of amides is 1. The van der Waals surface area contributed by atoms with E-state index >= 15 is 0 Å². The highest BCUT2D eigenvalue weighted by molar-refractivity contribution is 5.97. The molecule has 31 heavy (non-hydrogen) atoms. The zero-order valence-corrected chi connectivity index (χ0v) is 17.0. The number of aromatic nitrogens is 2. The minimum absolute atomic E-state index is 0.0663. The van der Waals surface area contributed by atoms with E-state index in [9.17, 15) is 18.0 Å². The fourth-order valence-electron chi connectivity index (χ4n) is 3.83. The van der Waals surface area contributed by atoms with Gasteiger partial charge < -0.3 is 10.1 Å². The Morgan fingerprint density at radius 1 is 1.19 bits per heavy atom. The van der Waals surface area contributed by atoms with Crippen molar-refractivity contribution in [3.05, 3.63) is 65.1 Å². The summed E-state index contributed by atoms with van der Waals surface area (Å²) in [7, 11) is 0. The van der Waals surface area contributed by atoms with E-state index in [1.54, 1.807) is 37.4 Å². The zero-order chi connectivity index (χ0) is 22.0. The molecule has 162 valence electrons. The second-order valence-electron chi connectivity index (χ2n) is 7.72. The maximum atomic E-state index is 13.8. The molecular formula is C23H22F3N3O2. The highest BCUT2D eigenvalue weighted by atomic mass is 19.4. The van der Waals surface area contributed by atoms with Crippen LogP contribution in [-0.2, 0) is 12.7 Å². The third kappa shape index (κ3) is 4.78. The lowest BCUT2D eigenvalue weighted by atomic mass is 10.0. The molecule has 1 fully saturated rings. The number of carbonyl (C=O) groups excluding carboxylic acids is 1. The molecule has 0 radical (unpaired) electrons. The third-order valence-electron chi connectivity index (χ3n) is 5.39. The number of aryl methyl sites for hydroxylation is 1. The van der Waals surface area contributed by atoms with E-state index in [-0.39, 0.29) is 29.6 Å². The Hall–Kier alpha value is -3.16. The lowest BCUT2D eigenvalue weighted by Crippen LogP contribution is -2.24. The monoisotopic (exact) mass is 429 g/mol. The molecule has 0 unspecified atom stereocenters. The minimum Gasteiger partial charge on any atom is -0.490 e. The summed E-state index contributed by atoms with van der Waals surface area (Å²) < 4.78 is 47.3. The van der Waals surface area contributed by atoms with Crippen LogP contribution in [0, 0.1) is 6.92 Å². The van der Waals surface area contributed by atoms with Gasteiger partial charge in [0.25, 0.3) is 5.91 Å². The van der Waals surface area contributed by atoms with Gasteiger partial charge in [-0.25, -0.2) is 4.98 Å². The van der Waals surface area contributed by atoms with E-state index in [0.29, 0.717) is 16.6 Å². The second kappa shape index (κ2) is 8.53. The number of fused-ring (bicyclic) bond motifs is 1. The molecule has 1 amide bonds. The van der Waals surface area contributed by atoms with Gasteiger partial charge in [0, 0.05) is 11.6 Å². The first-order chi connectivity index (χ1) is 14.8. The highest BCUT2D eigenvalue weighted by Crippen LogP contribution is 2.39. The first kappa shape index (κ1) is 21.1. The van der Waals surface area contributed by atoms with Crippen LogP contribution in [-0.4, -0.2) is 22.0 Å². The third-order valence-corrected chi connectivity index (χ3v) is 5.39. The number of pyridine rings is 2. The van der Waals surface area contributed by atoms with Gasteiger partial charge in [0.15, 0.2) is 0 Å². The predicted octanol–water partition coefficient (Wildman–Crippen LogP) is 5.21. The summed E-state index contributed by atoms with van der Waals surface area (Å²) in [6, 6.07) is 9.35. The normalized spacial score (nSPS) is 14.7. The molecule has 0 saturated heterocycles. The van der Waals surface area contributed by atoms with Crippen molar-refractivity contribution >= 4 is 16.8 Å². The molecule has 3 aromatic rings. The van der Waals surface area contributed by atoms with Gasteiger partial charge in [0.05, 0.1) is 29.4 Å². The minimum atomic E-state index is -4.63. The van der Waals surface area contributed by atoms with Crippen LogP contribution < -0.4 is 10.1 Å². The molecule has 0 bridgehead atoms. The number of nitrogens with one attached hydrogen (secondary N) is 1. The fourth-order valence-corrected chi connectivity index (χ4v) is 3.83. The Kier molecular flexibility index (Phi) is 5.80. The maximum Gasteiger partial charge on any atom is 0.418 e. The van der Waals surface area contributed by atoms with Gasteiger partial charge in [-0.1, -0.05) is 6.07 Å². The van der Waals surface area contributed by atoms with Crippen molar-refractivity contribution in [2.75, 3.05) is 0 Å². The van der Waals surface area contributed by atoms with Crippen molar-refractivity contribution in [3.8, 4) is 5.75 Å². The molecule has 2 heterocycles. The summed E-state index contributed by atoms with van der Waals surface area (Å²) in [6.45, 7) is 1.82.